The highest BCUT2D eigenvalue weighted by Gasteiger charge is 2.09. The Bertz CT molecular complexity index is 171. The molecular weight excluding hydrogens is 216 g/mol. The average molecular weight is 255 g/mol. The maximum absolute atomic E-state index is 2.45. The highest BCUT2D eigenvalue weighted by molar-refractivity contribution is 4.62. The molecule has 0 aromatic heterocycles. The third-order valence-corrected chi connectivity index (χ3v) is 4.32. The zero-order valence-electron chi connectivity index (χ0n) is 14.0. The van der Waals surface area contributed by atoms with Crippen molar-refractivity contribution >= 4 is 0 Å². The van der Waals surface area contributed by atoms with Crippen molar-refractivity contribution in [1.29, 1.82) is 0 Å². The Balaban J connectivity index is 3.54. The standard InChI is InChI=1S/C18H38/c1-7-8-16(4)11-12-18(6)14-13-17(5)10-9-15(2)3/h15-18H,7-14H2,1-6H3. The summed E-state index contributed by atoms with van der Waals surface area (Å²) in [5, 5.41) is 0. The first-order valence-corrected chi connectivity index (χ1v) is 8.45. The average Bonchev–Trinajstić information content (AvgIpc) is 2.31. The van der Waals surface area contributed by atoms with E-state index in [-0.39, 0.29) is 0 Å². The van der Waals surface area contributed by atoms with Gasteiger partial charge in [-0.3, -0.25) is 0 Å². The first kappa shape index (κ1) is 18.0. The maximum atomic E-state index is 2.45. The van der Waals surface area contributed by atoms with Crippen LogP contribution in [0.3, 0.4) is 0 Å². The van der Waals surface area contributed by atoms with E-state index in [2.05, 4.69) is 41.5 Å². The SMILES string of the molecule is CCCC(C)CCC(C)CCC(C)CCC(C)C. The molecule has 0 heteroatoms. The Hall–Kier alpha value is 0. The van der Waals surface area contributed by atoms with E-state index in [1.54, 1.807) is 0 Å². The molecule has 0 fully saturated rings. The number of rotatable bonds is 11. The van der Waals surface area contributed by atoms with Gasteiger partial charge in [-0.1, -0.05) is 92.9 Å². The molecule has 0 radical (unpaired) electrons. The van der Waals surface area contributed by atoms with Crippen molar-refractivity contribution in [2.45, 2.75) is 92.9 Å². The smallest absolute Gasteiger partial charge is 0.0443 e. The zero-order valence-corrected chi connectivity index (χ0v) is 14.0. The molecule has 0 N–H and O–H groups in total. The van der Waals surface area contributed by atoms with Gasteiger partial charge >= 0.3 is 0 Å². The second-order valence-corrected chi connectivity index (χ2v) is 7.23. The van der Waals surface area contributed by atoms with Gasteiger partial charge in [-0.15, -0.1) is 0 Å². The molecule has 3 atom stereocenters. The molecule has 0 bridgehead atoms. The molecule has 0 aliphatic rings. The molecule has 0 heterocycles. The molecule has 0 amide bonds. The molecule has 18 heavy (non-hydrogen) atoms. The van der Waals surface area contributed by atoms with E-state index in [1.165, 1.54) is 51.4 Å². The van der Waals surface area contributed by atoms with Gasteiger partial charge in [0.2, 0.25) is 0 Å². The second-order valence-electron chi connectivity index (χ2n) is 7.23. The van der Waals surface area contributed by atoms with Crippen LogP contribution < -0.4 is 0 Å². The van der Waals surface area contributed by atoms with Crippen molar-refractivity contribution in [3.63, 3.8) is 0 Å². The summed E-state index contributed by atoms with van der Waals surface area (Å²) in [7, 11) is 0. The Kier molecular flexibility index (Phi) is 10.9. The summed E-state index contributed by atoms with van der Waals surface area (Å²) in [4.78, 5) is 0. The van der Waals surface area contributed by atoms with Gasteiger partial charge in [0.05, 0.1) is 0 Å². The molecular formula is C18H38. The van der Waals surface area contributed by atoms with Crippen LogP contribution >= 0.6 is 0 Å². The van der Waals surface area contributed by atoms with E-state index in [4.69, 9.17) is 0 Å². The lowest BCUT2D eigenvalue weighted by atomic mass is 9.88. The lowest BCUT2D eigenvalue weighted by Gasteiger charge is -2.18. The van der Waals surface area contributed by atoms with Gasteiger partial charge in [-0.05, 0) is 23.7 Å². The summed E-state index contributed by atoms with van der Waals surface area (Å²) in [6.45, 7) is 14.3. The lowest BCUT2D eigenvalue weighted by molar-refractivity contribution is 0.349. The monoisotopic (exact) mass is 254 g/mol. The van der Waals surface area contributed by atoms with Crippen LogP contribution in [-0.4, -0.2) is 0 Å². The quantitative estimate of drug-likeness (QED) is 0.385. The minimum Gasteiger partial charge on any atom is -0.0654 e. The third-order valence-electron chi connectivity index (χ3n) is 4.32. The third kappa shape index (κ3) is 11.1. The Labute approximate surface area is 117 Å². The summed E-state index contributed by atoms with van der Waals surface area (Å²) >= 11 is 0. The molecule has 0 spiro atoms. The first-order chi connectivity index (χ1) is 8.45. The number of hydrogen-bond donors (Lipinski definition) is 0. The van der Waals surface area contributed by atoms with E-state index in [0.717, 1.165) is 23.7 Å². The van der Waals surface area contributed by atoms with Crippen molar-refractivity contribution in [3.05, 3.63) is 0 Å². The molecule has 3 unspecified atom stereocenters. The second kappa shape index (κ2) is 10.9. The summed E-state index contributed by atoms with van der Waals surface area (Å²) in [6.07, 6.45) is 11.4. The fraction of sp³-hybridized carbons (Fsp3) is 1.00. The molecule has 0 aliphatic carbocycles. The number of hydrogen-bond acceptors (Lipinski definition) is 0. The van der Waals surface area contributed by atoms with Crippen molar-refractivity contribution in [3.8, 4) is 0 Å². The molecule has 0 aromatic rings. The van der Waals surface area contributed by atoms with Crippen molar-refractivity contribution in [2.75, 3.05) is 0 Å². The van der Waals surface area contributed by atoms with Crippen molar-refractivity contribution in [2.24, 2.45) is 23.7 Å². The molecule has 110 valence electrons. The highest BCUT2D eigenvalue weighted by Crippen LogP contribution is 2.23. The normalized spacial score (nSPS) is 16.8. The van der Waals surface area contributed by atoms with Gasteiger partial charge in [0.15, 0.2) is 0 Å². The van der Waals surface area contributed by atoms with Crippen LogP contribution in [0.1, 0.15) is 92.9 Å². The van der Waals surface area contributed by atoms with Crippen LogP contribution in [0.25, 0.3) is 0 Å². The summed E-state index contributed by atoms with van der Waals surface area (Å²) in [5.41, 5.74) is 0. The minimum atomic E-state index is 0.875. The molecule has 0 saturated carbocycles. The first-order valence-electron chi connectivity index (χ1n) is 8.45. The molecule has 0 saturated heterocycles. The van der Waals surface area contributed by atoms with Gasteiger partial charge in [0.25, 0.3) is 0 Å². The Morgan fingerprint density at radius 3 is 1.17 bits per heavy atom. The highest BCUT2D eigenvalue weighted by atomic mass is 14.2. The molecule has 0 aliphatic heterocycles. The van der Waals surface area contributed by atoms with Crippen molar-refractivity contribution in [1.82, 2.24) is 0 Å². The van der Waals surface area contributed by atoms with Gasteiger partial charge < -0.3 is 0 Å². The molecule has 0 aromatic carbocycles. The van der Waals surface area contributed by atoms with E-state index in [0.29, 0.717) is 0 Å². The van der Waals surface area contributed by atoms with E-state index < -0.39 is 0 Å². The predicted molar refractivity (Wildman–Crippen MR) is 84.9 cm³/mol. The molecule has 0 nitrogen and oxygen atoms in total. The van der Waals surface area contributed by atoms with Crippen LogP contribution in [0.15, 0.2) is 0 Å². The van der Waals surface area contributed by atoms with E-state index in [9.17, 15) is 0 Å². The van der Waals surface area contributed by atoms with Gasteiger partial charge in [0, 0.05) is 0 Å². The van der Waals surface area contributed by atoms with Gasteiger partial charge in [0.1, 0.15) is 0 Å². The van der Waals surface area contributed by atoms with E-state index in [1.807, 2.05) is 0 Å². The summed E-state index contributed by atoms with van der Waals surface area (Å²) < 4.78 is 0. The Morgan fingerprint density at radius 1 is 0.500 bits per heavy atom. The van der Waals surface area contributed by atoms with Crippen LogP contribution in [0.2, 0.25) is 0 Å². The van der Waals surface area contributed by atoms with Crippen LogP contribution in [0.4, 0.5) is 0 Å². The van der Waals surface area contributed by atoms with Gasteiger partial charge in [-0.2, -0.15) is 0 Å². The predicted octanol–water partition coefficient (Wildman–Crippen LogP) is 6.69. The topological polar surface area (TPSA) is 0 Å². The van der Waals surface area contributed by atoms with Crippen LogP contribution in [0, 0.1) is 23.7 Å². The molecule has 0 rings (SSSR count). The minimum absolute atomic E-state index is 0.875. The van der Waals surface area contributed by atoms with Crippen molar-refractivity contribution < 1.29 is 0 Å². The lowest BCUT2D eigenvalue weighted by Crippen LogP contribution is -2.04. The van der Waals surface area contributed by atoms with Crippen LogP contribution in [0.5, 0.6) is 0 Å². The maximum Gasteiger partial charge on any atom is -0.0443 e. The fourth-order valence-corrected chi connectivity index (χ4v) is 2.68. The van der Waals surface area contributed by atoms with E-state index >= 15 is 0 Å². The fourth-order valence-electron chi connectivity index (χ4n) is 2.68. The Morgan fingerprint density at radius 2 is 0.833 bits per heavy atom. The largest absolute Gasteiger partial charge is 0.0654 e. The summed E-state index contributed by atoms with van der Waals surface area (Å²) in [5.74, 6) is 3.68. The van der Waals surface area contributed by atoms with Crippen LogP contribution in [-0.2, 0) is 0 Å². The van der Waals surface area contributed by atoms with Gasteiger partial charge in [-0.25, -0.2) is 0 Å². The summed E-state index contributed by atoms with van der Waals surface area (Å²) in [6, 6.07) is 0. The zero-order chi connectivity index (χ0) is 14.0.